The number of carbonyl (C=O) groups excluding carboxylic acids is 2. The van der Waals surface area contributed by atoms with Crippen LogP contribution in [0.4, 0.5) is 0 Å². The molecule has 8 nitrogen and oxygen atoms in total. The largest absolute Gasteiger partial charge is 0.493 e. The second kappa shape index (κ2) is 16.0. The minimum atomic E-state index is -0.440. The number of carbonyl (C=O) groups is 2. The summed E-state index contributed by atoms with van der Waals surface area (Å²) in [6.07, 6.45) is 7.66. The van der Waals surface area contributed by atoms with Crippen LogP contribution in [-0.4, -0.2) is 59.6 Å². The van der Waals surface area contributed by atoms with Gasteiger partial charge in [0.25, 0.3) is 0 Å². The first-order chi connectivity index (χ1) is 21.0. The molecule has 0 aromatic heterocycles. The highest BCUT2D eigenvalue weighted by Gasteiger charge is 2.12. The van der Waals surface area contributed by atoms with E-state index in [1.807, 2.05) is 30.3 Å². The quantitative estimate of drug-likeness (QED) is 0.0766. The lowest BCUT2D eigenvalue weighted by Gasteiger charge is -2.12. The molecule has 4 aromatic carbocycles. The lowest BCUT2D eigenvalue weighted by atomic mass is 9.96. The summed E-state index contributed by atoms with van der Waals surface area (Å²) in [5.74, 6) is 0.676. The molecule has 0 spiro atoms. The molecule has 0 aliphatic heterocycles. The molecule has 0 heterocycles. The van der Waals surface area contributed by atoms with E-state index in [9.17, 15) is 9.59 Å². The maximum Gasteiger partial charge on any atom is 0.330 e. The number of rotatable bonds is 15. The van der Waals surface area contributed by atoms with Crippen molar-refractivity contribution in [1.82, 2.24) is 5.32 Å². The van der Waals surface area contributed by atoms with Gasteiger partial charge in [-0.05, 0) is 89.0 Å². The summed E-state index contributed by atoms with van der Waals surface area (Å²) in [5.41, 5.74) is 1.72. The van der Waals surface area contributed by atoms with Gasteiger partial charge in [-0.1, -0.05) is 48.5 Å². The van der Waals surface area contributed by atoms with E-state index in [1.165, 1.54) is 33.5 Å². The van der Waals surface area contributed by atoms with Crippen LogP contribution in [0, 0.1) is 0 Å². The number of hydrogen-bond acceptors (Lipinski definition) is 8. The minimum Gasteiger partial charge on any atom is -0.493 e. The smallest absolute Gasteiger partial charge is 0.330 e. The fourth-order valence-corrected chi connectivity index (χ4v) is 4.70. The minimum absolute atomic E-state index is 0.286. The molecule has 0 amide bonds. The van der Waals surface area contributed by atoms with E-state index in [1.54, 1.807) is 18.2 Å². The van der Waals surface area contributed by atoms with Crippen LogP contribution in [0.3, 0.4) is 0 Å². The Morgan fingerprint density at radius 2 is 1.19 bits per heavy atom. The van der Waals surface area contributed by atoms with Crippen LogP contribution >= 0.6 is 0 Å². The molecular weight excluding hydrogens is 546 g/mol. The van der Waals surface area contributed by atoms with Gasteiger partial charge in [-0.25, -0.2) is 9.59 Å². The van der Waals surface area contributed by atoms with Crippen molar-refractivity contribution >= 4 is 45.6 Å². The van der Waals surface area contributed by atoms with Crippen LogP contribution in [0.5, 0.6) is 17.2 Å². The Morgan fingerprint density at radius 3 is 1.70 bits per heavy atom. The molecule has 0 aliphatic carbocycles. The van der Waals surface area contributed by atoms with Crippen LogP contribution in [0.2, 0.25) is 0 Å². The maximum atomic E-state index is 12.4. The standard InChI is InChI=1S/C35H37NO7/c1-39-31-22-25(23-32(40-2)35(31)41-3)14-16-33(37)42-20-8-18-36-19-9-21-43-34(38)17-15-30-28-12-6-4-10-26(28)24-27-11-5-7-13-29(27)30/h4-7,10-17,22-24,36H,8-9,18-21H2,1-3H3/b16-14+,17-15+. The number of nitrogens with one attached hydrogen (secondary N) is 1. The van der Waals surface area contributed by atoms with E-state index in [4.69, 9.17) is 23.7 Å². The fourth-order valence-electron chi connectivity index (χ4n) is 4.70. The van der Waals surface area contributed by atoms with Gasteiger partial charge in [0.2, 0.25) is 5.75 Å². The van der Waals surface area contributed by atoms with E-state index in [0.717, 1.165) is 27.1 Å². The number of methoxy groups -OCH3 is 3. The predicted octanol–water partition coefficient (Wildman–Crippen LogP) is 6.20. The van der Waals surface area contributed by atoms with E-state index in [0.29, 0.717) is 55.4 Å². The van der Waals surface area contributed by atoms with Crippen molar-refractivity contribution in [2.75, 3.05) is 47.6 Å². The molecular formula is C35H37NO7. The number of hydrogen-bond donors (Lipinski definition) is 1. The molecule has 0 radical (unpaired) electrons. The number of ether oxygens (including phenoxy) is 5. The van der Waals surface area contributed by atoms with Gasteiger partial charge in [0.05, 0.1) is 34.5 Å². The van der Waals surface area contributed by atoms with E-state index in [-0.39, 0.29) is 12.6 Å². The molecule has 43 heavy (non-hydrogen) atoms. The molecule has 0 aliphatic rings. The van der Waals surface area contributed by atoms with Crippen LogP contribution in [0.25, 0.3) is 33.7 Å². The van der Waals surface area contributed by atoms with Gasteiger partial charge in [-0.15, -0.1) is 0 Å². The summed E-state index contributed by atoms with van der Waals surface area (Å²) in [4.78, 5) is 24.5. The average molecular weight is 584 g/mol. The summed E-state index contributed by atoms with van der Waals surface area (Å²) < 4.78 is 26.6. The SMILES string of the molecule is COc1cc(/C=C/C(=O)OCCCNCCCOC(=O)/C=C/c2c3ccccc3cc3ccccc23)cc(OC)c1OC. The average Bonchev–Trinajstić information content (AvgIpc) is 3.04. The van der Waals surface area contributed by atoms with Crippen molar-refractivity contribution in [3.8, 4) is 17.2 Å². The first kappa shape index (κ1) is 31.1. The molecule has 4 rings (SSSR count). The first-order valence-corrected chi connectivity index (χ1v) is 14.1. The summed E-state index contributed by atoms with van der Waals surface area (Å²) in [6.45, 7) is 1.95. The Morgan fingerprint density at radius 1 is 0.674 bits per heavy atom. The highest BCUT2D eigenvalue weighted by atomic mass is 16.5. The second-order valence-electron chi connectivity index (χ2n) is 9.65. The topological polar surface area (TPSA) is 92.3 Å². The molecule has 0 saturated heterocycles. The number of esters is 2. The molecule has 4 aromatic rings. The molecule has 0 atom stereocenters. The first-order valence-electron chi connectivity index (χ1n) is 14.1. The zero-order valence-electron chi connectivity index (χ0n) is 24.8. The van der Waals surface area contributed by atoms with E-state index < -0.39 is 5.97 Å². The monoisotopic (exact) mass is 583 g/mol. The highest BCUT2D eigenvalue weighted by Crippen LogP contribution is 2.38. The molecule has 0 bridgehead atoms. The van der Waals surface area contributed by atoms with Gasteiger partial charge >= 0.3 is 11.9 Å². The van der Waals surface area contributed by atoms with Crippen LogP contribution in [0.15, 0.2) is 78.9 Å². The van der Waals surface area contributed by atoms with Crippen LogP contribution in [0.1, 0.15) is 24.0 Å². The highest BCUT2D eigenvalue weighted by molar-refractivity contribution is 6.08. The van der Waals surface area contributed by atoms with Gasteiger partial charge in [-0.2, -0.15) is 0 Å². The summed E-state index contributed by atoms with van der Waals surface area (Å²) in [7, 11) is 4.60. The van der Waals surface area contributed by atoms with Gasteiger partial charge in [0, 0.05) is 12.2 Å². The molecule has 224 valence electrons. The second-order valence-corrected chi connectivity index (χ2v) is 9.65. The lowest BCUT2D eigenvalue weighted by molar-refractivity contribution is -0.138. The number of benzene rings is 4. The zero-order chi connectivity index (χ0) is 30.4. The molecule has 1 N–H and O–H groups in total. The van der Waals surface area contributed by atoms with Crippen molar-refractivity contribution in [2.24, 2.45) is 0 Å². The Bertz CT molecular complexity index is 1530. The molecule has 0 saturated carbocycles. The Labute approximate surface area is 251 Å². The predicted molar refractivity (Wildman–Crippen MR) is 170 cm³/mol. The van der Waals surface area contributed by atoms with Crippen LogP contribution in [-0.2, 0) is 19.1 Å². The van der Waals surface area contributed by atoms with Crippen molar-refractivity contribution in [1.29, 1.82) is 0 Å². The fraction of sp³-hybridized carbons (Fsp3) is 0.257. The molecule has 0 fully saturated rings. The van der Waals surface area contributed by atoms with Gasteiger partial charge in [0.1, 0.15) is 0 Å². The maximum absolute atomic E-state index is 12.4. The van der Waals surface area contributed by atoms with Gasteiger partial charge < -0.3 is 29.0 Å². The molecule has 8 heteroatoms. The zero-order valence-corrected chi connectivity index (χ0v) is 24.8. The summed E-state index contributed by atoms with van der Waals surface area (Å²) in [6, 6.07) is 22.0. The van der Waals surface area contributed by atoms with Gasteiger partial charge in [0.15, 0.2) is 11.5 Å². The Balaban J connectivity index is 1.12. The molecule has 0 unspecified atom stereocenters. The normalized spacial score (nSPS) is 11.3. The van der Waals surface area contributed by atoms with E-state index in [2.05, 4.69) is 35.6 Å². The van der Waals surface area contributed by atoms with E-state index >= 15 is 0 Å². The van der Waals surface area contributed by atoms with Gasteiger partial charge in [-0.3, -0.25) is 0 Å². The lowest BCUT2D eigenvalue weighted by Crippen LogP contribution is -2.20. The third kappa shape index (κ3) is 8.59. The number of fused-ring (bicyclic) bond motifs is 2. The van der Waals surface area contributed by atoms with Crippen molar-refractivity contribution in [3.05, 3.63) is 90.0 Å². The Hall–Kier alpha value is -4.82. The van der Waals surface area contributed by atoms with Crippen molar-refractivity contribution < 1.29 is 33.3 Å². The Kier molecular flexibility index (Phi) is 11.6. The van der Waals surface area contributed by atoms with Crippen LogP contribution < -0.4 is 19.5 Å². The third-order valence-corrected chi connectivity index (χ3v) is 6.78. The van der Waals surface area contributed by atoms with Crippen molar-refractivity contribution in [2.45, 2.75) is 12.8 Å². The summed E-state index contributed by atoms with van der Waals surface area (Å²) >= 11 is 0. The summed E-state index contributed by atoms with van der Waals surface area (Å²) in [5, 5.41) is 7.71. The van der Waals surface area contributed by atoms with Crippen molar-refractivity contribution in [3.63, 3.8) is 0 Å². The third-order valence-electron chi connectivity index (χ3n) is 6.78.